The number of benzene rings is 3. The zero-order valence-corrected chi connectivity index (χ0v) is 19.3. The molecule has 4 aromatic rings. The number of ether oxygens (including phenoxy) is 2. The largest absolute Gasteiger partial charge is 0.507 e. The number of carbonyl (C=O) groups excluding carboxylic acids is 1. The number of carbonyl (C=O) groups is 1. The molecule has 0 saturated carbocycles. The van der Waals surface area contributed by atoms with Crippen molar-refractivity contribution in [2.24, 2.45) is 0 Å². The molecular weight excluding hydrogens is 464 g/mol. The highest BCUT2D eigenvalue weighted by Gasteiger charge is 2.35. The van der Waals surface area contributed by atoms with E-state index in [9.17, 15) is 24.9 Å². The molecule has 8 nitrogen and oxygen atoms in total. The van der Waals surface area contributed by atoms with Gasteiger partial charge in [0.2, 0.25) is 0 Å². The van der Waals surface area contributed by atoms with Gasteiger partial charge in [-0.25, -0.2) is 0 Å². The van der Waals surface area contributed by atoms with E-state index in [1.807, 2.05) is 25.1 Å². The third kappa shape index (κ3) is 4.02. The van der Waals surface area contributed by atoms with E-state index in [2.05, 4.69) is 6.58 Å². The van der Waals surface area contributed by atoms with Crippen LogP contribution in [0.4, 0.5) is 0 Å². The van der Waals surface area contributed by atoms with Crippen LogP contribution in [-0.4, -0.2) is 27.9 Å². The molecule has 0 radical (unpaired) electrons. The minimum Gasteiger partial charge on any atom is -0.507 e. The standard InChI is InChI=1S/C28H22O8/c1-14(2)13-34-22-6-4-3-5-16(22)17-10-25(33)35-24-12-21(32)27-20(31)11-23(36-28(27)26(17)24)15-7-8-18(29)19(30)9-15/h3-9,11-12,17,29-30,32H,1,10,13H2,2H3/t17-/m0/s1. The van der Waals surface area contributed by atoms with Crippen LogP contribution >= 0.6 is 0 Å². The highest BCUT2D eigenvalue weighted by Crippen LogP contribution is 2.48. The lowest BCUT2D eigenvalue weighted by atomic mass is 9.84. The Balaban J connectivity index is 1.77. The Labute approximate surface area is 205 Å². The average Bonchev–Trinajstić information content (AvgIpc) is 2.83. The van der Waals surface area contributed by atoms with Gasteiger partial charge in [-0.2, -0.15) is 0 Å². The molecule has 36 heavy (non-hydrogen) atoms. The Morgan fingerprint density at radius 3 is 2.56 bits per heavy atom. The molecule has 5 rings (SSSR count). The van der Waals surface area contributed by atoms with Gasteiger partial charge in [-0.1, -0.05) is 24.8 Å². The fourth-order valence-corrected chi connectivity index (χ4v) is 4.34. The molecule has 3 N–H and O–H groups in total. The van der Waals surface area contributed by atoms with Gasteiger partial charge in [-0.15, -0.1) is 0 Å². The van der Waals surface area contributed by atoms with Crippen LogP contribution < -0.4 is 14.9 Å². The van der Waals surface area contributed by atoms with E-state index in [0.29, 0.717) is 22.4 Å². The molecule has 0 unspecified atom stereocenters. The summed E-state index contributed by atoms with van der Waals surface area (Å²) in [6.07, 6.45) is -0.0474. The summed E-state index contributed by atoms with van der Waals surface area (Å²) in [6, 6.07) is 13.7. The van der Waals surface area contributed by atoms with Crippen molar-refractivity contribution in [1.82, 2.24) is 0 Å². The van der Waals surface area contributed by atoms with E-state index < -0.39 is 23.1 Å². The molecule has 1 atom stereocenters. The third-order valence-corrected chi connectivity index (χ3v) is 5.95. The first-order valence-corrected chi connectivity index (χ1v) is 11.2. The van der Waals surface area contributed by atoms with Crippen molar-refractivity contribution in [3.05, 3.63) is 88.1 Å². The topological polar surface area (TPSA) is 126 Å². The highest BCUT2D eigenvalue weighted by atomic mass is 16.5. The molecule has 182 valence electrons. The maximum absolute atomic E-state index is 13.1. The molecule has 0 saturated heterocycles. The smallest absolute Gasteiger partial charge is 0.312 e. The molecule has 1 aliphatic rings. The normalized spacial score (nSPS) is 14.8. The van der Waals surface area contributed by atoms with Gasteiger partial charge < -0.3 is 29.2 Å². The fraction of sp³-hybridized carbons (Fsp3) is 0.143. The minimum atomic E-state index is -0.600. The zero-order chi connectivity index (χ0) is 25.6. The summed E-state index contributed by atoms with van der Waals surface area (Å²) >= 11 is 0. The van der Waals surface area contributed by atoms with Crippen LogP contribution in [0.1, 0.15) is 30.4 Å². The van der Waals surface area contributed by atoms with Gasteiger partial charge in [0.05, 0.1) is 6.42 Å². The van der Waals surface area contributed by atoms with Gasteiger partial charge >= 0.3 is 5.97 Å². The van der Waals surface area contributed by atoms with E-state index in [1.165, 1.54) is 30.3 Å². The van der Waals surface area contributed by atoms with Crippen LogP contribution in [0.5, 0.6) is 28.7 Å². The first-order chi connectivity index (χ1) is 17.2. The van der Waals surface area contributed by atoms with Crippen LogP contribution in [0.25, 0.3) is 22.3 Å². The molecule has 1 aromatic heterocycles. The Morgan fingerprint density at radius 2 is 1.81 bits per heavy atom. The fourth-order valence-electron chi connectivity index (χ4n) is 4.34. The van der Waals surface area contributed by atoms with Crippen molar-refractivity contribution in [3.63, 3.8) is 0 Å². The molecular formula is C28H22O8. The summed E-state index contributed by atoms with van der Waals surface area (Å²) in [5.74, 6) is -1.51. The zero-order valence-electron chi connectivity index (χ0n) is 19.3. The molecule has 0 fully saturated rings. The quantitative estimate of drug-likeness (QED) is 0.156. The van der Waals surface area contributed by atoms with Crippen molar-refractivity contribution < 1.29 is 34.0 Å². The van der Waals surface area contributed by atoms with Crippen LogP contribution in [0, 0.1) is 0 Å². The van der Waals surface area contributed by atoms with E-state index in [4.69, 9.17) is 13.9 Å². The Hall–Kier alpha value is -4.72. The summed E-state index contributed by atoms with van der Waals surface area (Å²) in [5.41, 5.74) is 1.76. The Kier molecular flexibility index (Phi) is 5.64. The van der Waals surface area contributed by atoms with Gasteiger partial charge in [0.25, 0.3) is 0 Å². The third-order valence-electron chi connectivity index (χ3n) is 5.95. The second-order valence-electron chi connectivity index (χ2n) is 8.70. The summed E-state index contributed by atoms with van der Waals surface area (Å²) in [5, 5.41) is 30.2. The number of hydrogen-bond acceptors (Lipinski definition) is 8. The highest BCUT2D eigenvalue weighted by molar-refractivity contribution is 5.93. The minimum absolute atomic E-state index is 0.0474. The number of esters is 1. The molecule has 0 bridgehead atoms. The number of phenolic OH excluding ortho intramolecular Hbond substituents is 3. The lowest BCUT2D eigenvalue weighted by molar-refractivity contribution is -0.135. The number of fused-ring (bicyclic) bond motifs is 3. The van der Waals surface area contributed by atoms with Crippen molar-refractivity contribution in [1.29, 1.82) is 0 Å². The molecule has 0 amide bonds. The molecule has 0 aliphatic carbocycles. The van der Waals surface area contributed by atoms with Crippen molar-refractivity contribution in [3.8, 4) is 40.1 Å². The second kappa shape index (κ2) is 8.81. The maximum Gasteiger partial charge on any atom is 0.312 e. The van der Waals surface area contributed by atoms with E-state index in [1.54, 1.807) is 6.07 Å². The lowest BCUT2D eigenvalue weighted by Crippen LogP contribution is -2.22. The summed E-state index contributed by atoms with van der Waals surface area (Å²) in [6.45, 7) is 5.98. The number of rotatable bonds is 5. The maximum atomic E-state index is 13.1. The first kappa shape index (κ1) is 23.0. The summed E-state index contributed by atoms with van der Waals surface area (Å²) in [4.78, 5) is 25.7. The molecule has 1 aliphatic heterocycles. The SMILES string of the molecule is C=C(C)COc1ccccc1[C@@H]1CC(=O)Oc2cc(O)c3c(=O)cc(-c4ccc(O)c(O)c4)oc3c21. The van der Waals surface area contributed by atoms with Gasteiger partial charge in [0.1, 0.15) is 40.6 Å². The van der Waals surface area contributed by atoms with Gasteiger partial charge in [-0.05, 0) is 36.8 Å². The molecule has 0 spiro atoms. The number of phenols is 3. The van der Waals surface area contributed by atoms with Gasteiger partial charge in [0, 0.05) is 34.7 Å². The van der Waals surface area contributed by atoms with Gasteiger partial charge in [-0.3, -0.25) is 9.59 Å². The number of para-hydroxylation sites is 1. The predicted molar refractivity (Wildman–Crippen MR) is 132 cm³/mol. The second-order valence-corrected chi connectivity index (χ2v) is 8.70. The number of hydrogen-bond donors (Lipinski definition) is 3. The van der Waals surface area contributed by atoms with Crippen LogP contribution in [0.15, 0.2) is 76.0 Å². The van der Waals surface area contributed by atoms with Crippen LogP contribution in [0.2, 0.25) is 0 Å². The van der Waals surface area contributed by atoms with E-state index in [-0.39, 0.29) is 47.0 Å². The lowest BCUT2D eigenvalue weighted by Gasteiger charge is -2.27. The van der Waals surface area contributed by atoms with Crippen molar-refractivity contribution in [2.45, 2.75) is 19.3 Å². The molecule has 8 heteroatoms. The van der Waals surface area contributed by atoms with Crippen molar-refractivity contribution in [2.75, 3.05) is 6.61 Å². The van der Waals surface area contributed by atoms with E-state index in [0.717, 1.165) is 5.57 Å². The van der Waals surface area contributed by atoms with Crippen molar-refractivity contribution >= 4 is 16.9 Å². The Bertz CT molecular complexity index is 1600. The number of aromatic hydroxyl groups is 3. The first-order valence-electron chi connectivity index (χ1n) is 11.2. The van der Waals surface area contributed by atoms with E-state index >= 15 is 0 Å². The van der Waals surface area contributed by atoms with Crippen LogP contribution in [-0.2, 0) is 4.79 Å². The van der Waals surface area contributed by atoms with Gasteiger partial charge in [0.15, 0.2) is 16.9 Å². The predicted octanol–water partition coefficient (Wildman–Crippen LogP) is 4.97. The molecule has 3 aromatic carbocycles. The monoisotopic (exact) mass is 486 g/mol. The summed E-state index contributed by atoms with van der Waals surface area (Å²) in [7, 11) is 0. The summed E-state index contributed by atoms with van der Waals surface area (Å²) < 4.78 is 17.5. The average molecular weight is 486 g/mol. The van der Waals surface area contributed by atoms with Crippen LogP contribution in [0.3, 0.4) is 0 Å². The molecule has 2 heterocycles. The Morgan fingerprint density at radius 1 is 1.03 bits per heavy atom.